The number of halogens is 3. The molecule has 2 fully saturated rings. The van der Waals surface area contributed by atoms with Crippen LogP contribution in [0.2, 0.25) is 15.1 Å². The van der Waals surface area contributed by atoms with Gasteiger partial charge in [-0.15, -0.1) is 11.3 Å². The van der Waals surface area contributed by atoms with Crippen molar-refractivity contribution < 1.29 is 113 Å². The molecule has 32 nitrogen and oxygen atoms in total. The van der Waals surface area contributed by atoms with Gasteiger partial charge in [-0.1, -0.05) is 85.5 Å². The number of carbonyl (C=O) groups is 8. The van der Waals surface area contributed by atoms with E-state index in [0.29, 0.717) is 21.3 Å². The molecule has 7 aliphatic rings. The first-order valence-corrected chi connectivity index (χ1v) is 37.3. The van der Waals surface area contributed by atoms with E-state index >= 15 is 14.4 Å². The minimum atomic E-state index is -2.34. The molecule has 10 unspecified atom stereocenters. The Morgan fingerprint density at radius 3 is 1.99 bits per heavy atom. The zero-order valence-electron chi connectivity index (χ0n) is 58.8. The van der Waals surface area contributed by atoms with Crippen molar-refractivity contribution >= 4 is 115 Å². The van der Waals surface area contributed by atoms with E-state index < -0.39 is 225 Å². The first-order chi connectivity index (χ1) is 52.0. The van der Waals surface area contributed by atoms with Crippen LogP contribution in [0.1, 0.15) is 112 Å². The first-order valence-electron chi connectivity index (χ1n) is 34.4. The number of fused-ring (bicyclic) bond motifs is 16. The summed E-state index contributed by atoms with van der Waals surface area (Å²) in [7, 11) is 0. The predicted molar refractivity (Wildman–Crippen MR) is 394 cm³/mol. The van der Waals surface area contributed by atoms with Gasteiger partial charge >= 0.3 is 5.97 Å². The van der Waals surface area contributed by atoms with Crippen molar-refractivity contribution in [1.82, 2.24) is 36.9 Å². The van der Waals surface area contributed by atoms with E-state index in [2.05, 4.69) is 36.9 Å². The maximum absolute atomic E-state index is 16.2. The molecule has 110 heavy (non-hydrogen) atoms. The molecule has 0 spiro atoms. The fraction of sp³-hybridized carbons (Fsp3) is 0.384. The Bertz CT molecular complexity index is 4810. The molecule has 7 aromatic rings. The second kappa shape index (κ2) is 32.5. The van der Waals surface area contributed by atoms with E-state index in [0.717, 1.165) is 77.1 Å². The minimum Gasteiger partial charge on any atom is -0.508 e. The average Bonchev–Trinajstić information content (AvgIpc) is 0.916. The van der Waals surface area contributed by atoms with Gasteiger partial charge in [0, 0.05) is 51.4 Å². The maximum Gasteiger partial charge on any atom is 0.330 e. The molecule has 584 valence electrons. The summed E-state index contributed by atoms with van der Waals surface area (Å²) in [6, 6.07) is 5.80. The van der Waals surface area contributed by atoms with E-state index in [4.69, 9.17) is 74.7 Å². The number of nitrogens with two attached hydrogens (primary N) is 2. The normalized spacial score (nSPS) is 28.0. The number of primary amides is 1. The Labute approximate surface area is 649 Å². The number of benzene rings is 6. The third-order valence-electron chi connectivity index (χ3n) is 19.2. The number of thioether (sulfide) groups is 1. The number of aliphatic hydroxyl groups excluding tert-OH is 5. The standard InChI is InChI=1S/C73H76Cl3N9O23S2/c1-26(2)14-27(3)64(95)84-55-57(90)30-7-11-43(37(75)16-30)104-45-18-32-19-46(61(45)108-71-62(107-50-24-73(5,78)63(94)28(4)103-50)60(93)59(92)47(106-71)25-109-72-80-39-20-33(74)9-13-48(39)110-72)105-44-12-8-31(17-38(44)76)58(91)56-69(100)83-54(70(101)102)36-21-34(86)22-42(88)51(36)35-15-29(6-10-41(35)87)52(66(97)85-56)82-67(98)53(32)81-65(96)40(23-49(77)89)79-68(55)99/h6-13,15-22,26-28,40,47,50,52-60,62-63,71,86-88,90-94H,14,23-25,78H2,1-5H3,(H2,77,89)(H,79,99)(H,81,96)(H,82,98)(H,83,100)(H,84,95)(H,85,97)(H,101,102)/t27-,28?,40+,47?,50?,52?,53-,54-,55-,56+,57-,58-,59?,60?,62?,63?,71?,73?/m1/s1. The number of rotatable bonds is 14. The number of ether oxygens (including phenoxy) is 6. The van der Waals surface area contributed by atoms with E-state index in [1.807, 2.05) is 13.8 Å². The quantitative estimate of drug-likeness (QED) is 0.0621. The van der Waals surface area contributed by atoms with Crippen LogP contribution in [0, 0.1) is 11.8 Å². The molecule has 19 N–H and O–H groups in total. The molecular formula is C73H76Cl3N9O23S2. The number of aliphatic carboxylic acids is 1. The Morgan fingerprint density at radius 2 is 1.35 bits per heavy atom. The number of carboxylic acids is 1. The summed E-state index contributed by atoms with van der Waals surface area (Å²) in [4.78, 5) is 122. The molecule has 18 atom stereocenters. The van der Waals surface area contributed by atoms with Gasteiger partial charge in [-0.25, -0.2) is 9.78 Å². The molecule has 14 rings (SSSR count). The van der Waals surface area contributed by atoms with Gasteiger partial charge in [0.25, 0.3) is 0 Å². The van der Waals surface area contributed by atoms with Crippen LogP contribution >= 0.6 is 57.9 Å². The number of hydrogen-bond acceptors (Lipinski definition) is 26. The van der Waals surface area contributed by atoms with Gasteiger partial charge in [-0.05, 0) is 121 Å². The van der Waals surface area contributed by atoms with Gasteiger partial charge in [0.1, 0.15) is 83.4 Å². The van der Waals surface area contributed by atoms with Crippen molar-refractivity contribution in [2.45, 2.75) is 161 Å². The minimum absolute atomic E-state index is 0.0437. The van der Waals surface area contributed by atoms with Crippen LogP contribution in [0.15, 0.2) is 101 Å². The lowest BCUT2D eigenvalue weighted by Gasteiger charge is -2.47. The fourth-order valence-electron chi connectivity index (χ4n) is 13.6. The van der Waals surface area contributed by atoms with Crippen LogP contribution in [0.25, 0.3) is 21.3 Å². The Hall–Kier alpha value is -9.37. The molecule has 1 aromatic heterocycles. The van der Waals surface area contributed by atoms with Crippen LogP contribution in [0.4, 0.5) is 0 Å². The largest absolute Gasteiger partial charge is 0.508 e. The van der Waals surface area contributed by atoms with Gasteiger partial charge in [-0.2, -0.15) is 0 Å². The van der Waals surface area contributed by atoms with Crippen molar-refractivity contribution in [2.75, 3.05) is 5.75 Å². The van der Waals surface area contributed by atoms with Crippen LogP contribution in [0.3, 0.4) is 0 Å². The fourth-order valence-corrected chi connectivity index (χ4v) is 16.4. The zero-order chi connectivity index (χ0) is 79.4. The first kappa shape index (κ1) is 80.2. The van der Waals surface area contributed by atoms with Crippen LogP contribution in [0.5, 0.6) is 46.0 Å². The molecule has 0 aliphatic carbocycles. The van der Waals surface area contributed by atoms with Crippen LogP contribution in [-0.2, 0) is 52.6 Å². The molecule has 37 heteroatoms. The smallest absolute Gasteiger partial charge is 0.330 e. The third-order valence-corrected chi connectivity index (χ3v) is 22.3. The lowest BCUT2D eigenvalue weighted by atomic mass is 9.86. The molecule has 2 saturated heterocycles. The summed E-state index contributed by atoms with van der Waals surface area (Å²) in [5.74, 6) is -16.5. The van der Waals surface area contributed by atoms with E-state index in [9.17, 15) is 69.9 Å². The number of aromatic hydroxyl groups is 3. The Morgan fingerprint density at radius 1 is 0.718 bits per heavy atom. The van der Waals surface area contributed by atoms with Crippen molar-refractivity contribution in [3.63, 3.8) is 0 Å². The highest BCUT2D eigenvalue weighted by Crippen LogP contribution is 2.50. The third kappa shape index (κ3) is 17.1. The van der Waals surface area contributed by atoms with Crippen molar-refractivity contribution in [3.05, 3.63) is 140 Å². The molecule has 7 aliphatic heterocycles. The monoisotopic (exact) mass is 1620 g/mol. The van der Waals surface area contributed by atoms with Gasteiger partial charge in [0.2, 0.25) is 53.4 Å². The van der Waals surface area contributed by atoms with Crippen molar-refractivity contribution in [1.29, 1.82) is 0 Å². The molecule has 0 saturated carbocycles. The lowest BCUT2D eigenvalue weighted by molar-refractivity contribution is -0.329. The van der Waals surface area contributed by atoms with Gasteiger partial charge < -0.3 is 118 Å². The number of phenolic OH excluding ortho intramolecular Hbond substituents is 3. The highest BCUT2D eigenvalue weighted by atomic mass is 35.5. The van der Waals surface area contributed by atoms with Gasteiger partial charge in [0.15, 0.2) is 34.3 Å². The Kier molecular flexibility index (Phi) is 23.7. The van der Waals surface area contributed by atoms with E-state index in [-0.39, 0.29) is 51.3 Å². The summed E-state index contributed by atoms with van der Waals surface area (Å²) in [5.41, 5.74) is 8.81. The summed E-state index contributed by atoms with van der Waals surface area (Å²) in [6.07, 6.45) is -17.9. The summed E-state index contributed by atoms with van der Waals surface area (Å²) in [5, 5.41) is 120. The van der Waals surface area contributed by atoms with Crippen LogP contribution in [-0.4, -0.2) is 177 Å². The number of thiazole rings is 1. The molecule has 8 heterocycles. The number of carboxylic acid groups (broad SMARTS) is 1. The van der Waals surface area contributed by atoms with E-state index in [1.54, 1.807) is 25.1 Å². The predicted octanol–water partition coefficient (Wildman–Crippen LogP) is 5.22. The topological polar surface area (TPSA) is 511 Å². The zero-order valence-corrected chi connectivity index (χ0v) is 62.7. The highest BCUT2D eigenvalue weighted by Gasteiger charge is 2.52. The molecule has 0 radical (unpaired) electrons. The summed E-state index contributed by atoms with van der Waals surface area (Å²) >= 11 is 23.0. The number of nitrogens with zero attached hydrogens (tertiary/aromatic N) is 1. The van der Waals surface area contributed by atoms with Crippen molar-refractivity contribution in [3.8, 4) is 57.1 Å². The molecule has 6 aromatic carbocycles. The maximum atomic E-state index is 16.2. The summed E-state index contributed by atoms with van der Waals surface area (Å²) < 4.78 is 41.0. The van der Waals surface area contributed by atoms with E-state index in [1.165, 1.54) is 43.4 Å². The average molecular weight is 1620 g/mol. The number of amides is 7. The number of hydrogen-bond donors (Lipinski definition) is 17. The molecule has 7 amide bonds. The van der Waals surface area contributed by atoms with Gasteiger partial charge in [-0.3, -0.25) is 33.6 Å². The lowest BCUT2D eigenvalue weighted by Crippen LogP contribution is -2.64. The number of carbonyl (C=O) groups excluding carboxylic acids is 7. The number of aliphatic hydroxyl groups is 5. The second-order valence-electron chi connectivity index (χ2n) is 28.0. The number of nitrogens with one attached hydrogen (secondary N) is 6. The summed E-state index contributed by atoms with van der Waals surface area (Å²) in [6.45, 7) is 8.31. The van der Waals surface area contributed by atoms with Gasteiger partial charge in [0.05, 0.1) is 45.0 Å². The number of aromatic nitrogens is 1. The SMILES string of the molecule is CC(C)C[C@@H](C)C(=O)N[C@H]1C(=O)N[C@@H](CC(N)=O)C(=O)N[C@H]2C(=O)NC3C(=O)N[C@H](C(=O)N[C@@H](C(=O)O)c4cc(O)cc(O)c4-c4cc3ccc4O)[C@H](O)c3ccc(c(Cl)c3)Oc3cc2cc(c3OC2OC(CSc3nc4cc(Cl)ccc4s3)C(O)C(O)C2OC2CC(C)(N)C(O)C(C)O2)Oc2ccc(cc2Cl)[C@H]1O. The van der Waals surface area contributed by atoms with Crippen LogP contribution < -0.4 is 57.6 Å². The highest BCUT2D eigenvalue weighted by molar-refractivity contribution is 8.01. The number of phenols is 3. The molecular weight excluding hydrogens is 1540 g/mol. The Balaban J connectivity index is 1.09. The molecule has 11 bridgehead atoms. The second-order valence-corrected chi connectivity index (χ2v) is 31.5. The van der Waals surface area contributed by atoms with Crippen molar-refractivity contribution in [2.24, 2.45) is 23.3 Å².